The lowest BCUT2D eigenvalue weighted by molar-refractivity contribution is -0.123. The van der Waals surface area contributed by atoms with Crippen LogP contribution >= 0.6 is 0 Å². The Kier molecular flexibility index (Phi) is 5.07. The number of carbonyl (C=O) groups is 1. The molecule has 0 fully saturated rings. The van der Waals surface area contributed by atoms with E-state index in [1.54, 1.807) is 39.0 Å². The van der Waals surface area contributed by atoms with Crippen molar-refractivity contribution in [1.29, 1.82) is 0 Å². The highest BCUT2D eigenvalue weighted by Crippen LogP contribution is 2.28. The van der Waals surface area contributed by atoms with Crippen LogP contribution in [0.4, 0.5) is 0 Å². The van der Waals surface area contributed by atoms with Crippen molar-refractivity contribution >= 4 is 22.5 Å². The second kappa shape index (κ2) is 7.45. The van der Waals surface area contributed by atoms with Gasteiger partial charge in [-0.15, -0.1) is 0 Å². The lowest BCUT2D eigenvalue weighted by Crippen LogP contribution is -2.28. The maximum Gasteiger partial charge on any atom is 0.268 e. The summed E-state index contributed by atoms with van der Waals surface area (Å²) >= 11 is 0. The third-order valence-electron chi connectivity index (χ3n) is 4.29. The molecule has 0 unspecified atom stereocenters. The zero-order valence-electron chi connectivity index (χ0n) is 15.4. The van der Waals surface area contributed by atoms with Crippen molar-refractivity contribution in [1.82, 2.24) is 9.99 Å². The van der Waals surface area contributed by atoms with Crippen molar-refractivity contribution in [2.45, 2.75) is 20.8 Å². The number of aromatic hydroxyl groups is 1. The molecule has 3 aromatic rings. The molecule has 0 aliphatic rings. The van der Waals surface area contributed by atoms with Gasteiger partial charge in [0.25, 0.3) is 5.56 Å². The second-order valence-corrected chi connectivity index (χ2v) is 6.54. The zero-order chi connectivity index (χ0) is 19.6. The van der Waals surface area contributed by atoms with E-state index < -0.39 is 5.56 Å². The predicted molar refractivity (Wildman–Crippen MR) is 106 cm³/mol. The number of para-hydroxylation sites is 2. The standard InChI is InChI=1S/C21H21N3O3/c1-13(2)20(26)23-22-14(3)18-19(25)16-11-7-8-12-17(16)24(21(18)27)15-9-5-4-6-10-15/h4-13,25H,1-3H3,(H,23,26)/b22-14-. The van der Waals surface area contributed by atoms with Gasteiger partial charge in [-0.3, -0.25) is 14.2 Å². The Balaban J connectivity index is 2.27. The largest absolute Gasteiger partial charge is 0.506 e. The first-order valence-electron chi connectivity index (χ1n) is 8.68. The van der Waals surface area contributed by atoms with Crippen LogP contribution in [0.25, 0.3) is 16.6 Å². The van der Waals surface area contributed by atoms with Gasteiger partial charge in [-0.1, -0.05) is 44.2 Å². The fourth-order valence-electron chi connectivity index (χ4n) is 2.81. The highest BCUT2D eigenvalue weighted by molar-refractivity contribution is 6.05. The van der Waals surface area contributed by atoms with Crippen LogP contribution in [-0.2, 0) is 4.79 Å². The Morgan fingerprint density at radius 2 is 1.70 bits per heavy atom. The van der Waals surface area contributed by atoms with Gasteiger partial charge in [-0.05, 0) is 31.2 Å². The van der Waals surface area contributed by atoms with Crippen LogP contribution in [0, 0.1) is 5.92 Å². The summed E-state index contributed by atoms with van der Waals surface area (Å²) in [5, 5.41) is 15.3. The molecule has 1 amide bonds. The van der Waals surface area contributed by atoms with Crippen LogP contribution in [0.1, 0.15) is 26.3 Å². The lowest BCUT2D eigenvalue weighted by atomic mass is 10.1. The topological polar surface area (TPSA) is 83.7 Å². The second-order valence-electron chi connectivity index (χ2n) is 6.54. The lowest BCUT2D eigenvalue weighted by Gasteiger charge is -2.15. The Bertz CT molecular complexity index is 1080. The average molecular weight is 363 g/mol. The number of aromatic nitrogens is 1. The molecule has 1 aromatic heterocycles. The van der Waals surface area contributed by atoms with Crippen molar-refractivity contribution in [2.24, 2.45) is 11.0 Å². The molecule has 6 heteroatoms. The summed E-state index contributed by atoms with van der Waals surface area (Å²) in [7, 11) is 0. The van der Waals surface area contributed by atoms with E-state index in [2.05, 4.69) is 10.5 Å². The zero-order valence-corrected chi connectivity index (χ0v) is 15.4. The van der Waals surface area contributed by atoms with Crippen LogP contribution in [0.15, 0.2) is 64.5 Å². The van der Waals surface area contributed by atoms with Gasteiger partial charge in [-0.2, -0.15) is 5.10 Å². The summed E-state index contributed by atoms with van der Waals surface area (Å²) in [6.45, 7) is 5.08. The van der Waals surface area contributed by atoms with Crippen molar-refractivity contribution in [3.05, 3.63) is 70.5 Å². The first-order chi connectivity index (χ1) is 12.9. The molecule has 2 N–H and O–H groups in total. The summed E-state index contributed by atoms with van der Waals surface area (Å²) in [5.74, 6) is -0.659. The van der Waals surface area contributed by atoms with E-state index in [9.17, 15) is 14.7 Å². The highest BCUT2D eigenvalue weighted by atomic mass is 16.3. The van der Waals surface area contributed by atoms with Crippen LogP contribution in [-0.4, -0.2) is 21.3 Å². The maximum atomic E-state index is 13.2. The molecule has 3 rings (SSSR count). The number of benzene rings is 2. The molecule has 0 saturated heterocycles. The van der Waals surface area contributed by atoms with Crippen molar-refractivity contribution < 1.29 is 9.90 Å². The number of hydrogen-bond donors (Lipinski definition) is 2. The van der Waals surface area contributed by atoms with Gasteiger partial charge >= 0.3 is 0 Å². The van der Waals surface area contributed by atoms with E-state index in [0.29, 0.717) is 16.6 Å². The number of fused-ring (bicyclic) bond motifs is 1. The first-order valence-corrected chi connectivity index (χ1v) is 8.68. The molecule has 2 aromatic carbocycles. The van der Waals surface area contributed by atoms with Crippen molar-refractivity contribution in [2.75, 3.05) is 0 Å². The first kappa shape index (κ1) is 18.4. The minimum atomic E-state index is -0.405. The summed E-state index contributed by atoms with van der Waals surface area (Å²) < 4.78 is 1.54. The van der Waals surface area contributed by atoms with Gasteiger partial charge in [0.05, 0.1) is 11.2 Å². The molecule has 0 saturated carbocycles. The van der Waals surface area contributed by atoms with Crippen LogP contribution < -0.4 is 11.0 Å². The molecule has 0 aliphatic heterocycles. The Labute approximate surface area is 156 Å². The van der Waals surface area contributed by atoms with Crippen molar-refractivity contribution in [3.63, 3.8) is 0 Å². The quantitative estimate of drug-likeness (QED) is 0.551. The number of rotatable bonds is 4. The minimum absolute atomic E-state index is 0.0570. The number of carbonyl (C=O) groups excluding carboxylic acids is 1. The third kappa shape index (κ3) is 3.46. The van der Waals surface area contributed by atoms with Gasteiger partial charge in [0.1, 0.15) is 11.3 Å². The molecular formula is C21H21N3O3. The number of nitrogens with one attached hydrogen (secondary N) is 1. The Hall–Kier alpha value is -3.41. The number of hydrogen-bond acceptors (Lipinski definition) is 4. The van der Waals surface area contributed by atoms with Gasteiger partial charge < -0.3 is 5.11 Å². The van der Waals surface area contributed by atoms with Crippen LogP contribution in [0.3, 0.4) is 0 Å². The normalized spacial score (nSPS) is 11.8. The minimum Gasteiger partial charge on any atom is -0.506 e. The van der Waals surface area contributed by atoms with Gasteiger partial charge in [0, 0.05) is 17.0 Å². The fraction of sp³-hybridized carbons (Fsp3) is 0.190. The van der Waals surface area contributed by atoms with E-state index in [0.717, 1.165) is 0 Å². The molecule has 0 spiro atoms. The molecule has 0 aliphatic carbocycles. The number of hydrazone groups is 1. The smallest absolute Gasteiger partial charge is 0.268 e. The van der Waals surface area contributed by atoms with Gasteiger partial charge in [0.2, 0.25) is 5.91 Å². The number of nitrogens with zero attached hydrogens (tertiary/aromatic N) is 2. The predicted octanol–water partition coefficient (Wildman–Crippen LogP) is 3.19. The number of pyridine rings is 1. The van der Waals surface area contributed by atoms with E-state index in [1.165, 1.54) is 4.57 Å². The Morgan fingerprint density at radius 1 is 1.07 bits per heavy atom. The molecule has 0 atom stereocenters. The highest BCUT2D eigenvalue weighted by Gasteiger charge is 2.19. The van der Waals surface area contributed by atoms with Crippen LogP contribution in [0.5, 0.6) is 5.75 Å². The Morgan fingerprint density at radius 3 is 2.37 bits per heavy atom. The van der Waals surface area contributed by atoms with Crippen LogP contribution in [0.2, 0.25) is 0 Å². The third-order valence-corrected chi connectivity index (χ3v) is 4.29. The molecule has 0 bridgehead atoms. The van der Waals surface area contributed by atoms with Crippen molar-refractivity contribution in [3.8, 4) is 11.4 Å². The van der Waals surface area contributed by atoms with E-state index in [4.69, 9.17) is 0 Å². The molecule has 138 valence electrons. The molecular weight excluding hydrogens is 342 g/mol. The maximum absolute atomic E-state index is 13.2. The monoisotopic (exact) mass is 363 g/mol. The molecule has 0 radical (unpaired) electrons. The van der Waals surface area contributed by atoms with E-state index in [1.807, 2.05) is 36.4 Å². The van der Waals surface area contributed by atoms with Gasteiger partial charge in [0.15, 0.2) is 0 Å². The SMILES string of the molecule is C/C(=N/NC(=O)C(C)C)c1c(O)c2ccccc2n(-c2ccccc2)c1=O. The molecule has 1 heterocycles. The summed E-state index contributed by atoms with van der Waals surface area (Å²) in [4.78, 5) is 25.0. The fourth-order valence-corrected chi connectivity index (χ4v) is 2.81. The summed E-state index contributed by atoms with van der Waals surface area (Å²) in [6, 6.07) is 16.3. The van der Waals surface area contributed by atoms with Gasteiger partial charge in [-0.25, -0.2) is 5.43 Å². The van der Waals surface area contributed by atoms with E-state index >= 15 is 0 Å². The number of amides is 1. The summed E-state index contributed by atoms with van der Waals surface area (Å²) in [5.41, 5.74) is 3.59. The molecule has 27 heavy (non-hydrogen) atoms. The van der Waals surface area contributed by atoms with E-state index in [-0.39, 0.29) is 28.8 Å². The average Bonchev–Trinajstić information content (AvgIpc) is 2.67. The summed E-state index contributed by atoms with van der Waals surface area (Å²) in [6.07, 6.45) is 0. The molecule has 6 nitrogen and oxygen atoms in total.